The highest BCUT2D eigenvalue weighted by molar-refractivity contribution is 5.43. The van der Waals surface area contributed by atoms with Gasteiger partial charge in [-0.05, 0) is 30.9 Å². The van der Waals surface area contributed by atoms with Crippen molar-refractivity contribution < 1.29 is 8.78 Å². The second-order valence-corrected chi connectivity index (χ2v) is 9.86. The Labute approximate surface area is 194 Å². The molecule has 2 aliphatic rings. The van der Waals surface area contributed by atoms with Crippen molar-refractivity contribution in [3.63, 3.8) is 0 Å². The molecule has 1 aliphatic heterocycles. The summed E-state index contributed by atoms with van der Waals surface area (Å²) in [6, 6.07) is 5.94. The molecule has 10 heteroatoms. The number of likely N-dealkylation sites (tertiary alicyclic amines) is 1. The first-order chi connectivity index (χ1) is 16.4. The highest BCUT2D eigenvalue weighted by Crippen LogP contribution is 2.40. The topological polar surface area (TPSA) is 83.6 Å². The molecule has 8 nitrogen and oxygen atoms in total. The van der Waals surface area contributed by atoms with Crippen molar-refractivity contribution in [3.8, 4) is 0 Å². The first-order valence-corrected chi connectivity index (χ1v) is 11.9. The summed E-state index contributed by atoms with van der Waals surface area (Å²) in [7, 11) is 0. The molecule has 0 bridgehead atoms. The van der Waals surface area contributed by atoms with Crippen LogP contribution in [0.5, 0.6) is 0 Å². The van der Waals surface area contributed by atoms with Crippen LogP contribution < -0.4 is 5.56 Å². The SMILES string of the molecule is CC1CN(Cc2cn3ccccc3n2)CC1c1nn2c(C3CCC(F)(F)CC3)ncc2c(=O)[nH]1. The molecule has 0 aromatic carbocycles. The van der Waals surface area contributed by atoms with E-state index in [9.17, 15) is 13.6 Å². The van der Waals surface area contributed by atoms with Crippen LogP contribution in [0.3, 0.4) is 0 Å². The van der Waals surface area contributed by atoms with Gasteiger partial charge >= 0.3 is 0 Å². The fourth-order valence-corrected chi connectivity index (χ4v) is 5.52. The summed E-state index contributed by atoms with van der Waals surface area (Å²) in [5.74, 6) is -1.13. The number of hydrogen-bond acceptors (Lipinski definition) is 5. The molecule has 1 saturated heterocycles. The van der Waals surface area contributed by atoms with E-state index in [0.717, 1.165) is 31.0 Å². The third-order valence-electron chi connectivity index (χ3n) is 7.37. The summed E-state index contributed by atoms with van der Waals surface area (Å²) < 4.78 is 30.9. The Balaban J connectivity index is 1.25. The minimum atomic E-state index is -2.61. The molecule has 2 fully saturated rings. The number of H-pyrrole nitrogens is 1. The van der Waals surface area contributed by atoms with Crippen LogP contribution in [0.4, 0.5) is 8.78 Å². The maximum absolute atomic E-state index is 13.7. The van der Waals surface area contributed by atoms with Gasteiger partial charge in [0.25, 0.3) is 5.56 Å². The van der Waals surface area contributed by atoms with Gasteiger partial charge < -0.3 is 9.38 Å². The molecule has 4 aromatic rings. The minimum absolute atomic E-state index is 0.0556. The molecule has 1 N–H and O–H groups in total. The summed E-state index contributed by atoms with van der Waals surface area (Å²) in [5, 5.41) is 4.78. The summed E-state index contributed by atoms with van der Waals surface area (Å²) in [6.45, 7) is 4.51. The van der Waals surface area contributed by atoms with E-state index >= 15 is 0 Å². The Morgan fingerprint density at radius 2 is 2.03 bits per heavy atom. The standard InChI is InChI=1S/C24H27F2N7O/c1-15-11-31(12-17-13-32-9-3-2-4-20(32)28-17)14-18(15)21-29-23(34)19-10-27-22(33(19)30-21)16-5-7-24(25,26)8-6-16/h2-4,9-10,13,15-16,18H,5-8,11-12,14H2,1H3,(H,29,30,34). The molecule has 34 heavy (non-hydrogen) atoms. The number of fused-ring (bicyclic) bond motifs is 2. The lowest BCUT2D eigenvalue weighted by molar-refractivity contribution is -0.0388. The van der Waals surface area contributed by atoms with E-state index in [1.807, 2.05) is 35.0 Å². The number of pyridine rings is 1. The minimum Gasteiger partial charge on any atom is -0.307 e. The van der Waals surface area contributed by atoms with E-state index < -0.39 is 5.92 Å². The van der Waals surface area contributed by atoms with E-state index in [4.69, 9.17) is 10.1 Å². The fourth-order valence-electron chi connectivity index (χ4n) is 5.52. The lowest BCUT2D eigenvalue weighted by atomic mass is 9.86. The van der Waals surface area contributed by atoms with Crippen LogP contribution in [-0.2, 0) is 6.54 Å². The van der Waals surface area contributed by atoms with Gasteiger partial charge in [-0.1, -0.05) is 13.0 Å². The first kappa shape index (κ1) is 21.4. The zero-order chi connectivity index (χ0) is 23.4. The molecular formula is C24H27F2N7O. The summed E-state index contributed by atoms with van der Waals surface area (Å²) in [5.41, 5.74) is 2.05. The molecule has 0 radical (unpaired) electrons. The lowest BCUT2D eigenvalue weighted by Gasteiger charge is -2.27. The van der Waals surface area contributed by atoms with Crippen molar-refractivity contribution in [1.82, 2.24) is 33.9 Å². The predicted molar refractivity (Wildman–Crippen MR) is 122 cm³/mol. The van der Waals surface area contributed by atoms with Gasteiger partial charge in [0.15, 0.2) is 5.52 Å². The summed E-state index contributed by atoms with van der Waals surface area (Å²) in [6.07, 6.45) is 5.93. The number of imidazole rings is 2. The van der Waals surface area contributed by atoms with Crippen LogP contribution in [0.1, 0.15) is 61.8 Å². The normalized spacial score (nSPS) is 23.9. The van der Waals surface area contributed by atoms with E-state index in [1.54, 1.807) is 4.52 Å². The second kappa shape index (κ2) is 7.97. The van der Waals surface area contributed by atoms with E-state index in [2.05, 4.69) is 21.8 Å². The molecule has 6 rings (SSSR count). The van der Waals surface area contributed by atoms with Gasteiger partial charge in [-0.2, -0.15) is 5.10 Å². The lowest BCUT2D eigenvalue weighted by Crippen LogP contribution is -2.26. The number of alkyl halides is 2. The molecule has 0 spiro atoms. The number of aromatic nitrogens is 6. The van der Waals surface area contributed by atoms with Crippen molar-refractivity contribution in [2.75, 3.05) is 13.1 Å². The van der Waals surface area contributed by atoms with Crippen molar-refractivity contribution >= 4 is 11.2 Å². The van der Waals surface area contributed by atoms with Crippen molar-refractivity contribution in [3.05, 3.63) is 64.5 Å². The van der Waals surface area contributed by atoms with E-state index in [0.29, 0.717) is 30.0 Å². The zero-order valence-electron chi connectivity index (χ0n) is 19.0. The monoisotopic (exact) mass is 467 g/mol. The molecule has 5 heterocycles. The quantitative estimate of drug-likeness (QED) is 0.496. The van der Waals surface area contributed by atoms with Crippen LogP contribution in [0.15, 0.2) is 41.6 Å². The number of hydrogen-bond donors (Lipinski definition) is 1. The van der Waals surface area contributed by atoms with Gasteiger partial charge in [0.05, 0.1) is 11.9 Å². The number of aromatic amines is 1. The van der Waals surface area contributed by atoms with E-state index in [1.165, 1.54) is 6.20 Å². The Morgan fingerprint density at radius 1 is 1.21 bits per heavy atom. The van der Waals surface area contributed by atoms with Crippen molar-refractivity contribution in [1.29, 1.82) is 0 Å². The second-order valence-electron chi connectivity index (χ2n) is 9.86. The first-order valence-electron chi connectivity index (χ1n) is 11.9. The van der Waals surface area contributed by atoms with Crippen LogP contribution >= 0.6 is 0 Å². The Hall–Kier alpha value is -3.14. The van der Waals surface area contributed by atoms with Gasteiger partial charge in [0.2, 0.25) is 5.92 Å². The zero-order valence-corrected chi connectivity index (χ0v) is 19.0. The fraction of sp³-hybridized carbons (Fsp3) is 0.500. The molecule has 2 unspecified atom stereocenters. The number of rotatable bonds is 4. The van der Waals surface area contributed by atoms with Crippen LogP contribution in [0.25, 0.3) is 11.2 Å². The average molecular weight is 468 g/mol. The number of halogens is 2. The van der Waals surface area contributed by atoms with Crippen molar-refractivity contribution in [2.24, 2.45) is 5.92 Å². The average Bonchev–Trinajstić information content (AvgIpc) is 3.50. The smallest absolute Gasteiger partial charge is 0.276 e. The van der Waals surface area contributed by atoms with Gasteiger partial charge in [-0.25, -0.2) is 23.3 Å². The molecule has 178 valence electrons. The Bertz CT molecular complexity index is 1360. The van der Waals surface area contributed by atoms with Gasteiger partial charge in [-0.3, -0.25) is 9.69 Å². The molecule has 1 aliphatic carbocycles. The van der Waals surface area contributed by atoms with Crippen LogP contribution in [0.2, 0.25) is 0 Å². The van der Waals surface area contributed by atoms with Gasteiger partial charge in [0, 0.05) is 56.7 Å². The molecule has 1 saturated carbocycles. The van der Waals surface area contributed by atoms with E-state index in [-0.39, 0.29) is 36.2 Å². The van der Waals surface area contributed by atoms with Gasteiger partial charge in [-0.15, -0.1) is 0 Å². The predicted octanol–water partition coefficient (Wildman–Crippen LogP) is 3.59. The Kier molecular flexibility index (Phi) is 5.02. The van der Waals surface area contributed by atoms with Crippen LogP contribution in [0, 0.1) is 5.92 Å². The third kappa shape index (κ3) is 3.79. The van der Waals surface area contributed by atoms with Crippen LogP contribution in [-0.4, -0.2) is 52.9 Å². The number of nitrogens with one attached hydrogen (secondary N) is 1. The number of nitrogens with zero attached hydrogens (tertiary/aromatic N) is 6. The summed E-state index contributed by atoms with van der Waals surface area (Å²) >= 11 is 0. The molecule has 2 atom stereocenters. The highest BCUT2D eigenvalue weighted by Gasteiger charge is 2.38. The molecular weight excluding hydrogens is 440 g/mol. The molecule has 0 amide bonds. The van der Waals surface area contributed by atoms with Crippen molar-refractivity contribution in [2.45, 2.75) is 56.9 Å². The Morgan fingerprint density at radius 3 is 2.82 bits per heavy atom. The summed E-state index contributed by atoms with van der Waals surface area (Å²) in [4.78, 5) is 27.3. The maximum atomic E-state index is 13.7. The largest absolute Gasteiger partial charge is 0.307 e. The highest BCUT2D eigenvalue weighted by atomic mass is 19.3. The molecule has 4 aromatic heterocycles. The third-order valence-corrected chi connectivity index (χ3v) is 7.37. The van der Waals surface area contributed by atoms with Gasteiger partial charge in [0.1, 0.15) is 17.3 Å². The maximum Gasteiger partial charge on any atom is 0.276 e.